The third-order valence-corrected chi connectivity index (χ3v) is 1.59. The molecule has 0 bridgehead atoms. The van der Waals surface area contributed by atoms with Crippen molar-refractivity contribution in [3.8, 4) is 0 Å². The third-order valence-electron chi connectivity index (χ3n) is 1.59. The Balaban J connectivity index is 3.71. The van der Waals surface area contributed by atoms with Crippen LogP contribution in [0.1, 0.15) is 47.0 Å². The van der Waals surface area contributed by atoms with Gasteiger partial charge >= 0.3 is 6.16 Å². The zero-order valence-corrected chi connectivity index (χ0v) is 10.6. The first-order valence-electron chi connectivity index (χ1n) is 5.68. The van der Waals surface area contributed by atoms with Gasteiger partial charge in [0.25, 0.3) is 0 Å². The largest absolute Gasteiger partial charge is 0.510 e. The molecule has 0 aliphatic rings. The van der Waals surface area contributed by atoms with Gasteiger partial charge in [0, 0.05) is 13.8 Å². The number of hydrogen-bond donors (Lipinski definition) is 0. The fourth-order valence-corrected chi connectivity index (χ4v) is 0.819. The van der Waals surface area contributed by atoms with E-state index in [-0.39, 0.29) is 0 Å². The van der Waals surface area contributed by atoms with E-state index in [0.29, 0.717) is 13.2 Å². The van der Waals surface area contributed by atoms with Crippen LogP contribution in [0.5, 0.6) is 0 Å². The minimum absolute atomic E-state index is 0.339. The van der Waals surface area contributed by atoms with Crippen LogP contribution < -0.4 is 0 Å². The molecule has 5 heteroatoms. The van der Waals surface area contributed by atoms with Crippen LogP contribution in [-0.2, 0) is 19.2 Å². The van der Waals surface area contributed by atoms with E-state index in [9.17, 15) is 4.79 Å². The number of unbranched alkanes of at least 4 members (excludes halogenated alkanes) is 1. The number of hydrogen-bond acceptors (Lipinski definition) is 5. The Hall–Kier alpha value is -0.810. The summed E-state index contributed by atoms with van der Waals surface area (Å²) in [6.45, 7) is 7.95. The van der Waals surface area contributed by atoms with Crippen LogP contribution in [0.15, 0.2) is 0 Å². The molecule has 0 unspecified atom stereocenters. The average Bonchev–Trinajstić information content (AvgIpc) is 2.21. The molecule has 0 aromatic heterocycles. The molecular weight excluding hydrogens is 212 g/mol. The number of carbonyl (C=O) groups is 1. The summed E-state index contributed by atoms with van der Waals surface area (Å²) in [5, 5.41) is 0. The highest BCUT2D eigenvalue weighted by Gasteiger charge is 2.26. The molecule has 0 aliphatic carbocycles. The SMILES string of the molecule is CCCCOOC(C)(C)OC(=O)OCCC. The number of carbonyl (C=O) groups excluding carboxylic acids is 1. The van der Waals surface area contributed by atoms with Gasteiger partial charge in [-0.25, -0.2) is 9.68 Å². The average molecular weight is 234 g/mol. The van der Waals surface area contributed by atoms with Crippen LogP contribution in [0.4, 0.5) is 4.79 Å². The maximum atomic E-state index is 11.1. The van der Waals surface area contributed by atoms with Crippen LogP contribution in [0.3, 0.4) is 0 Å². The first kappa shape index (κ1) is 15.2. The van der Waals surface area contributed by atoms with Crippen molar-refractivity contribution in [2.24, 2.45) is 0 Å². The number of ether oxygens (including phenoxy) is 2. The van der Waals surface area contributed by atoms with Gasteiger partial charge in [0.1, 0.15) is 0 Å². The van der Waals surface area contributed by atoms with Crippen molar-refractivity contribution in [3.63, 3.8) is 0 Å². The summed E-state index contributed by atoms with van der Waals surface area (Å²) in [5.74, 6) is -1.13. The quantitative estimate of drug-likeness (QED) is 0.212. The lowest BCUT2D eigenvalue weighted by molar-refractivity contribution is -0.407. The summed E-state index contributed by atoms with van der Waals surface area (Å²) >= 11 is 0. The Morgan fingerprint density at radius 2 is 1.81 bits per heavy atom. The molecule has 96 valence electrons. The molecule has 0 aliphatic heterocycles. The van der Waals surface area contributed by atoms with Crippen molar-refractivity contribution in [1.82, 2.24) is 0 Å². The van der Waals surface area contributed by atoms with Gasteiger partial charge in [-0.15, -0.1) is 0 Å². The molecule has 0 rings (SSSR count). The van der Waals surface area contributed by atoms with Crippen LogP contribution in [0, 0.1) is 0 Å². The van der Waals surface area contributed by atoms with E-state index in [0.717, 1.165) is 19.3 Å². The molecule has 0 atom stereocenters. The second-order valence-electron chi connectivity index (χ2n) is 3.86. The van der Waals surface area contributed by atoms with Gasteiger partial charge in [0.05, 0.1) is 13.2 Å². The molecule has 0 spiro atoms. The van der Waals surface area contributed by atoms with Gasteiger partial charge in [0.2, 0.25) is 5.79 Å². The Labute approximate surface area is 96.9 Å². The fraction of sp³-hybridized carbons (Fsp3) is 0.909. The van der Waals surface area contributed by atoms with Gasteiger partial charge in [-0.05, 0) is 12.8 Å². The Bertz CT molecular complexity index is 191. The zero-order chi connectivity index (χ0) is 12.4. The Morgan fingerprint density at radius 3 is 2.38 bits per heavy atom. The van der Waals surface area contributed by atoms with Gasteiger partial charge < -0.3 is 9.47 Å². The summed E-state index contributed by atoms with van der Waals surface area (Å²) < 4.78 is 9.67. The minimum atomic E-state index is -1.13. The van der Waals surface area contributed by atoms with Crippen LogP contribution in [0.2, 0.25) is 0 Å². The third kappa shape index (κ3) is 8.49. The molecule has 0 aromatic rings. The highest BCUT2D eigenvalue weighted by atomic mass is 17.2. The molecule has 0 fully saturated rings. The summed E-state index contributed by atoms with van der Waals surface area (Å²) in [7, 11) is 0. The maximum absolute atomic E-state index is 11.1. The molecule has 0 radical (unpaired) electrons. The molecule has 0 heterocycles. The minimum Gasteiger partial charge on any atom is -0.434 e. The van der Waals surface area contributed by atoms with Crippen LogP contribution >= 0.6 is 0 Å². The predicted molar refractivity (Wildman–Crippen MR) is 58.7 cm³/mol. The normalized spacial score (nSPS) is 11.2. The lowest BCUT2D eigenvalue weighted by Crippen LogP contribution is -2.32. The maximum Gasteiger partial charge on any atom is 0.510 e. The lowest BCUT2D eigenvalue weighted by atomic mass is 10.4. The molecule has 0 N–H and O–H groups in total. The van der Waals surface area contributed by atoms with Crippen molar-refractivity contribution in [2.45, 2.75) is 52.7 Å². The predicted octanol–water partition coefficient (Wildman–Crippen LogP) is 3.03. The Morgan fingerprint density at radius 1 is 1.12 bits per heavy atom. The molecule has 5 nitrogen and oxygen atoms in total. The molecule has 0 saturated heterocycles. The van der Waals surface area contributed by atoms with E-state index in [2.05, 4.69) is 0 Å². The number of rotatable bonds is 8. The summed E-state index contributed by atoms with van der Waals surface area (Å²) in [4.78, 5) is 21.0. The summed E-state index contributed by atoms with van der Waals surface area (Å²) in [5.41, 5.74) is 0. The molecule has 0 amide bonds. The molecular formula is C11H22O5. The van der Waals surface area contributed by atoms with E-state index >= 15 is 0 Å². The highest BCUT2D eigenvalue weighted by molar-refractivity contribution is 5.60. The molecule has 16 heavy (non-hydrogen) atoms. The van der Waals surface area contributed by atoms with E-state index in [1.165, 1.54) is 0 Å². The van der Waals surface area contributed by atoms with Gasteiger partial charge in [-0.3, -0.25) is 0 Å². The van der Waals surface area contributed by atoms with Crippen molar-refractivity contribution in [2.75, 3.05) is 13.2 Å². The monoisotopic (exact) mass is 234 g/mol. The smallest absolute Gasteiger partial charge is 0.434 e. The van der Waals surface area contributed by atoms with Crippen molar-refractivity contribution in [1.29, 1.82) is 0 Å². The summed E-state index contributed by atoms with van der Waals surface area (Å²) in [6.07, 6.45) is 1.93. The second kappa shape index (κ2) is 8.35. The van der Waals surface area contributed by atoms with Crippen molar-refractivity contribution in [3.05, 3.63) is 0 Å². The lowest BCUT2D eigenvalue weighted by Gasteiger charge is -2.22. The van der Waals surface area contributed by atoms with Gasteiger partial charge in [-0.1, -0.05) is 20.3 Å². The first-order valence-corrected chi connectivity index (χ1v) is 5.68. The zero-order valence-electron chi connectivity index (χ0n) is 10.6. The van der Waals surface area contributed by atoms with E-state index in [4.69, 9.17) is 19.2 Å². The van der Waals surface area contributed by atoms with Gasteiger partial charge in [0.15, 0.2) is 0 Å². The first-order chi connectivity index (χ1) is 7.52. The van der Waals surface area contributed by atoms with E-state index in [1.807, 2.05) is 13.8 Å². The molecule has 0 aromatic carbocycles. The van der Waals surface area contributed by atoms with Crippen molar-refractivity contribution < 1.29 is 24.0 Å². The van der Waals surface area contributed by atoms with Crippen LogP contribution in [0.25, 0.3) is 0 Å². The topological polar surface area (TPSA) is 54.0 Å². The van der Waals surface area contributed by atoms with Crippen LogP contribution in [-0.4, -0.2) is 25.2 Å². The standard InChI is InChI=1S/C11H22O5/c1-5-7-9-14-16-11(3,4)15-10(12)13-8-6-2/h5-9H2,1-4H3. The van der Waals surface area contributed by atoms with E-state index < -0.39 is 11.9 Å². The summed E-state index contributed by atoms with van der Waals surface area (Å²) in [6, 6.07) is 0. The van der Waals surface area contributed by atoms with Gasteiger partial charge in [-0.2, -0.15) is 4.89 Å². The Kier molecular flexibility index (Phi) is 7.93. The van der Waals surface area contributed by atoms with E-state index in [1.54, 1.807) is 13.8 Å². The fourth-order valence-electron chi connectivity index (χ4n) is 0.819. The highest BCUT2D eigenvalue weighted by Crippen LogP contribution is 2.13. The second-order valence-corrected chi connectivity index (χ2v) is 3.86. The van der Waals surface area contributed by atoms with Crippen molar-refractivity contribution >= 4 is 6.16 Å². The molecule has 0 saturated carbocycles.